The van der Waals surface area contributed by atoms with Crippen LogP contribution in [0.25, 0.3) is 10.2 Å². The van der Waals surface area contributed by atoms with E-state index >= 15 is 0 Å². The van der Waals surface area contributed by atoms with E-state index in [0.717, 1.165) is 25.7 Å². The van der Waals surface area contributed by atoms with Gasteiger partial charge in [0, 0.05) is 16.7 Å². The average molecular weight is 457 g/mol. The number of carbonyl (C=O) groups is 2. The van der Waals surface area contributed by atoms with Crippen molar-refractivity contribution in [3.8, 4) is 0 Å². The van der Waals surface area contributed by atoms with E-state index in [4.69, 9.17) is 9.84 Å². The number of esters is 1. The number of nitrogens with zero attached hydrogens (tertiary/aromatic N) is 2. The molecule has 0 aliphatic carbocycles. The fraction of sp³-hybridized carbons (Fsp3) is 0.143. The summed E-state index contributed by atoms with van der Waals surface area (Å²) < 4.78 is 6.20. The number of benzene rings is 2. The Bertz CT molecular complexity index is 1140. The molecule has 1 aromatic heterocycles. The van der Waals surface area contributed by atoms with Crippen LogP contribution in [-0.4, -0.2) is 38.9 Å². The second kappa shape index (κ2) is 9.46. The highest BCUT2D eigenvalue weighted by Gasteiger charge is 2.26. The number of ether oxygens (including phenoxy) is 1. The van der Waals surface area contributed by atoms with Crippen molar-refractivity contribution in [1.82, 2.24) is 4.98 Å². The minimum absolute atomic E-state index is 0.245. The van der Waals surface area contributed by atoms with Gasteiger partial charge in [-0.1, -0.05) is 42.1 Å². The zero-order valence-electron chi connectivity index (χ0n) is 15.6. The van der Waals surface area contributed by atoms with Gasteiger partial charge < -0.3 is 9.84 Å². The number of hydrogen-bond acceptors (Lipinski definition) is 8. The second-order valence-corrected chi connectivity index (χ2v) is 9.28. The van der Waals surface area contributed by atoms with Crippen molar-refractivity contribution in [3.63, 3.8) is 0 Å². The van der Waals surface area contributed by atoms with Crippen LogP contribution in [0.3, 0.4) is 0 Å². The zero-order chi connectivity index (χ0) is 20.9. The van der Waals surface area contributed by atoms with Crippen molar-refractivity contribution in [3.05, 3.63) is 70.6 Å². The highest BCUT2D eigenvalue weighted by atomic mass is 32.2. The van der Waals surface area contributed by atoms with E-state index in [9.17, 15) is 9.59 Å². The van der Waals surface area contributed by atoms with Crippen molar-refractivity contribution in [1.29, 1.82) is 0 Å². The SMILES string of the molecule is O=C(/C=C/Sc1ccc2nc(C3=N[C@@H](C(=O)O)CS3)sc2c1)OCc1ccccc1. The first-order valence-corrected chi connectivity index (χ1v) is 11.6. The van der Waals surface area contributed by atoms with Gasteiger partial charge in [0.05, 0.1) is 10.2 Å². The van der Waals surface area contributed by atoms with Crippen LogP contribution in [-0.2, 0) is 20.9 Å². The largest absolute Gasteiger partial charge is 0.480 e. The maximum absolute atomic E-state index is 11.9. The molecule has 0 radical (unpaired) electrons. The monoisotopic (exact) mass is 456 g/mol. The molecular formula is C21H16N2O4S3. The van der Waals surface area contributed by atoms with Crippen molar-refractivity contribution in [2.45, 2.75) is 17.5 Å². The van der Waals surface area contributed by atoms with E-state index in [1.54, 1.807) is 5.41 Å². The topological polar surface area (TPSA) is 88.9 Å². The molecular weight excluding hydrogens is 440 g/mol. The first kappa shape index (κ1) is 20.6. The van der Waals surface area contributed by atoms with Gasteiger partial charge in [0.1, 0.15) is 16.7 Å². The van der Waals surface area contributed by atoms with Crippen LogP contribution in [0.15, 0.2) is 69.9 Å². The van der Waals surface area contributed by atoms with Crippen LogP contribution in [0, 0.1) is 0 Å². The molecule has 30 heavy (non-hydrogen) atoms. The summed E-state index contributed by atoms with van der Waals surface area (Å²) in [7, 11) is 0. The average Bonchev–Trinajstić information content (AvgIpc) is 3.40. The summed E-state index contributed by atoms with van der Waals surface area (Å²) in [6.45, 7) is 0.245. The van der Waals surface area contributed by atoms with Crippen molar-refractivity contribution >= 4 is 62.1 Å². The lowest BCUT2D eigenvalue weighted by molar-refractivity contribution is -0.139. The Balaban J connectivity index is 1.37. The fourth-order valence-electron chi connectivity index (χ4n) is 2.63. The number of thioether (sulfide) groups is 2. The summed E-state index contributed by atoms with van der Waals surface area (Å²) in [6, 6.07) is 14.7. The molecule has 4 rings (SSSR count). The molecule has 0 saturated carbocycles. The quantitative estimate of drug-likeness (QED) is 0.316. The van der Waals surface area contributed by atoms with Gasteiger partial charge >= 0.3 is 11.9 Å². The van der Waals surface area contributed by atoms with Crippen molar-refractivity contribution < 1.29 is 19.4 Å². The number of thiazole rings is 1. The molecule has 0 unspecified atom stereocenters. The predicted molar refractivity (Wildman–Crippen MR) is 121 cm³/mol. The molecule has 1 aliphatic rings. The second-order valence-electron chi connectivity index (χ2n) is 6.26. The third-order valence-electron chi connectivity index (χ3n) is 4.11. The summed E-state index contributed by atoms with van der Waals surface area (Å²) in [6.07, 6.45) is 1.41. The molecule has 152 valence electrons. The highest BCUT2D eigenvalue weighted by Crippen LogP contribution is 2.32. The van der Waals surface area contributed by atoms with Crippen molar-refractivity contribution in [2.24, 2.45) is 4.99 Å². The van der Waals surface area contributed by atoms with Gasteiger partial charge in [0.2, 0.25) is 0 Å². The number of hydrogen-bond donors (Lipinski definition) is 1. The van der Waals surface area contributed by atoms with Gasteiger partial charge in [0.25, 0.3) is 0 Å². The van der Waals surface area contributed by atoms with E-state index in [0.29, 0.717) is 10.8 Å². The normalized spacial score (nSPS) is 16.1. The summed E-state index contributed by atoms with van der Waals surface area (Å²) >= 11 is 4.32. The summed E-state index contributed by atoms with van der Waals surface area (Å²) in [5.74, 6) is -0.865. The lowest BCUT2D eigenvalue weighted by atomic mass is 10.2. The number of carboxylic acids is 1. The Labute approximate surface area is 185 Å². The minimum Gasteiger partial charge on any atom is -0.480 e. The molecule has 0 amide bonds. The molecule has 0 bridgehead atoms. The van der Waals surface area contributed by atoms with Gasteiger partial charge in [-0.3, -0.25) is 4.99 Å². The van der Waals surface area contributed by atoms with Gasteiger partial charge in [-0.2, -0.15) is 0 Å². The molecule has 3 aromatic rings. The van der Waals surface area contributed by atoms with Crippen molar-refractivity contribution in [2.75, 3.05) is 5.75 Å². The number of aromatic nitrogens is 1. The molecule has 0 spiro atoms. The van der Waals surface area contributed by atoms with Crippen LogP contribution >= 0.6 is 34.9 Å². The zero-order valence-corrected chi connectivity index (χ0v) is 18.0. The molecule has 2 aromatic carbocycles. The Hall–Kier alpha value is -2.62. The van der Waals surface area contributed by atoms with E-state index in [-0.39, 0.29) is 6.61 Å². The lowest BCUT2D eigenvalue weighted by Gasteiger charge is -2.01. The summed E-state index contributed by atoms with van der Waals surface area (Å²) in [5.41, 5.74) is 1.78. The predicted octanol–water partition coefficient (Wildman–Crippen LogP) is 4.59. The van der Waals surface area contributed by atoms with Crippen LogP contribution in [0.5, 0.6) is 0 Å². The maximum atomic E-state index is 11.9. The Morgan fingerprint density at radius 1 is 1.23 bits per heavy atom. The molecule has 0 fully saturated rings. The molecule has 0 saturated heterocycles. The smallest absolute Gasteiger partial charge is 0.331 e. The van der Waals surface area contributed by atoms with Crippen LogP contribution in [0.1, 0.15) is 10.6 Å². The first-order chi connectivity index (χ1) is 14.6. The molecule has 1 N–H and O–H groups in total. The summed E-state index contributed by atoms with van der Waals surface area (Å²) in [4.78, 5) is 32.7. The van der Waals surface area contributed by atoms with Crippen LogP contribution < -0.4 is 0 Å². The number of aliphatic carboxylic acids is 1. The van der Waals surface area contributed by atoms with E-state index in [1.807, 2.05) is 48.5 Å². The number of aliphatic imine (C=N–C) groups is 1. The third-order valence-corrected chi connectivity index (χ3v) is 7.12. The van der Waals surface area contributed by atoms with Gasteiger partial charge in [0.15, 0.2) is 6.04 Å². The van der Waals surface area contributed by atoms with Gasteiger partial charge in [-0.25, -0.2) is 14.6 Å². The number of carboxylic acid groups (broad SMARTS) is 1. The Kier molecular flexibility index (Phi) is 6.51. The molecule has 2 heterocycles. The molecule has 9 heteroatoms. The standard InChI is InChI=1S/C21H16N2O4S3/c24-18(27-11-13-4-2-1-3-5-13)8-9-28-14-6-7-15-17(10-14)30-20(22-15)19-23-16(12-29-19)21(25)26/h1-10,16H,11-12H2,(H,25,26)/b9-8+/t16-/m1/s1. The molecule has 6 nitrogen and oxygen atoms in total. The van der Waals surface area contributed by atoms with Gasteiger partial charge in [-0.15, -0.1) is 23.1 Å². The summed E-state index contributed by atoms with van der Waals surface area (Å²) in [5, 5.41) is 12.2. The maximum Gasteiger partial charge on any atom is 0.331 e. The number of carbonyl (C=O) groups excluding carboxylic acids is 1. The Morgan fingerprint density at radius 2 is 2.07 bits per heavy atom. The fourth-order valence-corrected chi connectivity index (χ4v) is 5.48. The third kappa shape index (κ3) is 5.10. The van der Waals surface area contributed by atoms with Gasteiger partial charge in [-0.05, 0) is 29.2 Å². The molecule has 1 aliphatic heterocycles. The van der Waals surface area contributed by atoms with E-state index < -0.39 is 18.0 Å². The van der Waals surface area contributed by atoms with E-state index in [2.05, 4.69) is 9.98 Å². The van der Waals surface area contributed by atoms with E-state index in [1.165, 1.54) is 40.9 Å². The Morgan fingerprint density at radius 3 is 2.83 bits per heavy atom. The number of rotatable bonds is 7. The lowest BCUT2D eigenvalue weighted by Crippen LogP contribution is -2.17. The number of fused-ring (bicyclic) bond motifs is 1. The first-order valence-electron chi connectivity index (χ1n) is 8.97. The van der Waals surface area contributed by atoms with Crippen LogP contribution in [0.4, 0.5) is 0 Å². The minimum atomic E-state index is -0.911. The molecule has 1 atom stereocenters. The van der Waals surface area contributed by atoms with Crippen LogP contribution in [0.2, 0.25) is 0 Å². The highest BCUT2D eigenvalue weighted by molar-refractivity contribution is 8.15.